The van der Waals surface area contributed by atoms with Crippen LogP contribution in [0.5, 0.6) is 0 Å². The van der Waals surface area contributed by atoms with Crippen molar-refractivity contribution >= 4 is 27.3 Å². The first-order valence-electron chi connectivity index (χ1n) is 7.27. The lowest BCUT2D eigenvalue weighted by molar-refractivity contribution is -0.132. The van der Waals surface area contributed by atoms with E-state index in [0.717, 1.165) is 0 Å². The van der Waals surface area contributed by atoms with Crippen LogP contribution in [0.4, 0.5) is 4.39 Å². The molecule has 1 aliphatic rings. The van der Waals surface area contributed by atoms with Crippen molar-refractivity contribution in [1.29, 1.82) is 0 Å². The van der Waals surface area contributed by atoms with Crippen molar-refractivity contribution in [2.24, 2.45) is 0 Å². The monoisotopic (exact) mass is 362 g/mol. The summed E-state index contributed by atoms with van der Waals surface area (Å²) in [5, 5.41) is 0.319. The number of benzene rings is 1. The van der Waals surface area contributed by atoms with Gasteiger partial charge in [-0.25, -0.2) is 12.8 Å². The maximum atomic E-state index is 13.8. The molecule has 1 aromatic rings. The molecule has 0 N–H and O–H groups in total. The van der Waals surface area contributed by atoms with Crippen molar-refractivity contribution in [1.82, 2.24) is 9.80 Å². The summed E-state index contributed by atoms with van der Waals surface area (Å²) in [7, 11) is 0.266. The molecule has 0 saturated carbocycles. The van der Waals surface area contributed by atoms with E-state index in [1.807, 2.05) is 0 Å². The van der Waals surface area contributed by atoms with Crippen LogP contribution in [-0.2, 0) is 21.2 Å². The van der Waals surface area contributed by atoms with E-state index in [-0.39, 0.29) is 36.5 Å². The summed E-state index contributed by atoms with van der Waals surface area (Å²) in [5.74, 6) is -0.470. The quantitative estimate of drug-likeness (QED) is 0.797. The highest BCUT2D eigenvalue weighted by molar-refractivity contribution is 7.91. The van der Waals surface area contributed by atoms with Gasteiger partial charge in [-0.15, -0.1) is 0 Å². The number of likely N-dealkylation sites (N-methyl/N-ethyl adjacent to an activating group) is 2. The molecule has 0 aromatic heterocycles. The number of carbonyl (C=O) groups excluding carboxylic acids is 1. The van der Waals surface area contributed by atoms with Crippen LogP contribution < -0.4 is 0 Å². The number of nitrogens with zero attached hydrogens (tertiary/aromatic N) is 2. The molecule has 1 saturated heterocycles. The summed E-state index contributed by atoms with van der Waals surface area (Å²) in [5.41, 5.74) is 0.343. The van der Waals surface area contributed by atoms with E-state index in [1.165, 1.54) is 17.0 Å². The van der Waals surface area contributed by atoms with Crippen molar-refractivity contribution in [3.63, 3.8) is 0 Å². The Morgan fingerprint density at radius 1 is 1.39 bits per heavy atom. The highest BCUT2D eigenvalue weighted by Crippen LogP contribution is 2.21. The molecule has 8 heteroatoms. The number of carbonyl (C=O) groups is 1. The number of hydrogen-bond donors (Lipinski definition) is 0. The minimum Gasteiger partial charge on any atom is -0.341 e. The van der Waals surface area contributed by atoms with E-state index in [4.69, 9.17) is 11.6 Å². The van der Waals surface area contributed by atoms with Crippen molar-refractivity contribution in [2.75, 3.05) is 32.1 Å². The van der Waals surface area contributed by atoms with Gasteiger partial charge in [0, 0.05) is 30.2 Å². The van der Waals surface area contributed by atoms with Crippen LogP contribution in [0.1, 0.15) is 12.0 Å². The summed E-state index contributed by atoms with van der Waals surface area (Å²) < 4.78 is 36.8. The molecular formula is C15H20ClFN2O3S. The molecule has 1 fully saturated rings. The average Bonchev–Trinajstić information content (AvgIpc) is 2.82. The molecule has 128 valence electrons. The van der Waals surface area contributed by atoms with E-state index in [0.29, 0.717) is 17.0 Å². The minimum absolute atomic E-state index is 0.0120. The summed E-state index contributed by atoms with van der Waals surface area (Å²) in [6.07, 6.45) is 0.466. The molecular weight excluding hydrogens is 343 g/mol. The minimum atomic E-state index is -3.04. The number of halogens is 2. The summed E-state index contributed by atoms with van der Waals surface area (Å²) in [6, 6.07) is 4.18. The Morgan fingerprint density at radius 2 is 2.09 bits per heavy atom. The zero-order valence-electron chi connectivity index (χ0n) is 13.1. The number of sulfone groups is 1. The second-order valence-corrected chi connectivity index (χ2v) is 8.57. The summed E-state index contributed by atoms with van der Waals surface area (Å²) in [4.78, 5) is 15.4. The molecule has 0 bridgehead atoms. The fourth-order valence-electron chi connectivity index (χ4n) is 2.64. The van der Waals surface area contributed by atoms with Gasteiger partial charge in [-0.3, -0.25) is 9.69 Å². The fourth-order valence-corrected chi connectivity index (χ4v) is 4.63. The number of amides is 1. The maximum Gasteiger partial charge on any atom is 0.236 e. The zero-order chi connectivity index (χ0) is 17.2. The first-order chi connectivity index (χ1) is 10.7. The first-order valence-corrected chi connectivity index (χ1v) is 9.47. The Balaban J connectivity index is 1.95. The third kappa shape index (κ3) is 4.65. The Kier molecular flexibility index (Phi) is 5.65. The normalized spacial score (nSPS) is 20.0. The molecule has 1 amide bonds. The van der Waals surface area contributed by atoms with E-state index in [1.54, 1.807) is 25.1 Å². The fraction of sp³-hybridized carbons (Fsp3) is 0.533. The van der Waals surface area contributed by atoms with Gasteiger partial charge in [0.1, 0.15) is 5.82 Å². The van der Waals surface area contributed by atoms with Gasteiger partial charge in [-0.2, -0.15) is 0 Å². The maximum absolute atomic E-state index is 13.8. The van der Waals surface area contributed by atoms with Gasteiger partial charge >= 0.3 is 0 Å². The van der Waals surface area contributed by atoms with Crippen LogP contribution in [0.3, 0.4) is 0 Å². The SMILES string of the molecule is CN(CC(=O)N(C)[C@@H]1CCS(=O)(=O)C1)Cc1c(F)cccc1Cl. The highest BCUT2D eigenvalue weighted by Gasteiger charge is 2.32. The molecule has 1 atom stereocenters. The number of hydrogen-bond acceptors (Lipinski definition) is 4. The molecule has 23 heavy (non-hydrogen) atoms. The lowest BCUT2D eigenvalue weighted by Gasteiger charge is -2.26. The van der Waals surface area contributed by atoms with Gasteiger partial charge in [0.25, 0.3) is 0 Å². The molecule has 1 aliphatic heterocycles. The molecule has 1 heterocycles. The van der Waals surface area contributed by atoms with Crippen LogP contribution in [0.15, 0.2) is 18.2 Å². The van der Waals surface area contributed by atoms with E-state index < -0.39 is 15.7 Å². The second kappa shape index (κ2) is 7.15. The van der Waals surface area contributed by atoms with Crippen LogP contribution in [0.2, 0.25) is 5.02 Å². The molecule has 0 aliphatic carbocycles. The predicted octanol–water partition coefficient (Wildman–Crippen LogP) is 1.56. The van der Waals surface area contributed by atoms with Crippen molar-refractivity contribution in [3.05, 3.63) is 34.6 Å². The Labute approximate surface area is 140 Å². The van der Waals surface area contributed by atoms with Crippen molar-refractivity contribution < 1.29 is 17.6 Å². The Hall–Kier alpha value is -1.18. The third-order valence-electron chi connectivity index (χ3n) is 4.04. The molecule has 5 nitrogen and oxygen atoms in total. The van der Waals surface area contributed by atoms with Gasteiger partial charge in [0.05, 0.1) is 18.1 Å². The lowest BCUT2D eigenvalue weighted by Crippen LogP contribution is -2.43. The summed E-state index contributed by atoms with van der Waals surface area (Å²) >= 11 is 5.98. The highest BCUT2D eigenvalue weighted by atomic mass is 35.5. The van der Waals surface area contributed by atoms with E-state index in [9.17, 15) is 17.6 Å². The van der Waals surface area contributed by atoms with Crippen molar-refractivity contribution in [2.45, 2.75) is 19.0 Å². The van der Waals surface area contributed by atoms with Gasteiger partial charge in [0.2, 0.25) is 5.91 Å². The van der Waals surface area contributed by atoms with Crippen LogP contribution in [0.25, 0.3) is 0 Å². The average molecular weight is 363 g/mol. The predicted molar refractivity (Wildman–Crippen MR) is 87.6 cm³/mol. The second-order valence-electron chi connectivity index (χ2n) is 5.93. The smallest absolute Gasteiger partial charge is 0.236 e. The largest absolute Gasteiger partial charge is 0.341 e. The van der Waals surface area contributed by atoms with Crippen LogP contribution in [-0.4, -0.2) is 62.3 Å². The molecule has 0 radical (unpaired) electrons. The Morgan fingerprint density at radius 3 is 2.65 bits per heavy atom. The summed E-state index contributed by atoms with van der Waals surface area (Å²) in [6.45, 7) is 0.270. The van der Waals surface area contributed by atoms with Gasteiger partial charge in [-0.1, -0.05) is 17.7 Å². The van der Waals surface area contributed by atoms with Gasteiger partial charge < -0.3 is 4.90 Å². The molecule has 2 rings (SSSR count). The zero-order valence-corrected chi connectivity index (χ0v) is 14.7. The lowest BCUT2D eigenvalue weighted by atomic mass is 10.2. The number of rotatable bonds is 5. The molecule has 0 unspecified atom stereocenters. The Bertz CT molecular complexity index is 676. The van der Waals surface area contributed by atoms with E-state index in [2.05, 4.69) is 0 Å². The molecule has 1 aromatic carbocycles. The van der Waals surface area contributed by atoms with Gasteiger partial charge in [-0.05, 0) is 25.6 Å². The van der Waals surface area contributed by atoms with E-state index >= 15 is 0 Å². The molecule has 0 spiro atoms. The van der Waals surface area contributed by atoms with Crippen LogP contribution >= 0.6 is 11.6 Å². The standard InChI is InChI=1S/C15H20ClFN2O3S/c1-18(8-12-13(16)4-3-5-14(12)17)9-15(20)19(2)11-6-7-23(21,22)10-11/h3-5,11H,6-10H2,1-2H3/t11-/m1/s1. The third-order valence-corrected chi connectivity index (χ3v) is 6.15. The topological polar surface area (TPSA) is 57.7 Å². The van der Waals surface area contributed by atoms with Crippen molar-refractivity contribution in [3.8, 4) is 0 Å². The van der Waals surface area contributed by atoms with Gasteiger partial charge in [0.15, 0.2) is 9.84 Å². The first kappa shape index (κ1) is 18.2. The van der Waals surface area contributed by atoms with Crippen LogP contribution in [0, 0.1) is 5.82 Å².